The first-order valence-electron chi connectivity index (χ1n) is 5.03. The zero-order valence-electron chi connectivity index (χ0n) is 9.25. The average Bonchev–Trinajstić information content (AvgIpc) is 2.37. The highest BCUT2D eigenvalue weighted by atomic mass is 35.5. The van der Waals surface area contributed by atoms with Crippen molar-refractivity contribution in [3.8, 4) is 17.6 Å². The van der Waals surface area contributed by atoms with E-state index in [1.54, 1.807) is 6.07 Å². The molecule has 2 nitrogen and oxygen atoms in total. The molecule has 6 heteroatoms. The van der Waals surface area contributed by atoms with Gasteiger partial charge in [0, 0.05) is 11.1 Å². The van der Waals surface area contributed by atoms with Crippen molar-refractivity contribution in [2.24, 2.45) is 0 Å². The molecule has 0 aromatic heterocycles. The van der Waals surface area contributed by atoms with Crippen LogP contribution in [-0.4, -0.2) is 0 Å². The Hall–Kier alpha value is -1.83. The molecule has 0 unspecified atom stereocenters. The van der Waals surface area contributed by atoms with Crippen molar-refractivity contribution in [2.75, 3.05) is 0 Å². The fraction of sp³-hybridized carbons (Fsp3) is 0. The van der Waals surface area contributed by atoms with Crippen LogP contribution in [-0.2, 0) is 0 Å². The van der Waals surface area contributed by atoms with Gasteiger partial charge in [0.05, 0.1) is 16.7 Å². The van der Waals surface area contributed by atoms with E-state index in [9.17, 15) is 8.78 Å². The molecule has 0 fully saturated rings. The molecule has 0 heterocycles. The molecule has 0 spiro atoms. The van der Waals surface area contributed by atoms with Crippen molar-refractivity contribution < 1.29 is 13.5 Å². The number of halogens is 4. The molecule has 0 bridgehead atoms. The molecule has 0 aliphatic heterocycles. The summed E-state index contributed by atoms with van der Waals surface area (Å²) in [5.41, 5.74) is -0.139. The van der Waals surface area contributed by atoms with Gasteiger partial charge >= 0.3 is 0 Å². The van der Waals surface area contributed by atoms with Gasteiger partial charge in [-0.1, -0.05) is 23.2 Å². The van der Waals surface area contributed by atoms with Crippen LogP contribution in [0, 0.1) is 23.0 Å². The molecule has 2 aromatic rings. The molecule has 2 aromatic carbocycles. The van der Waals surface area contributed by atoms with Crippen LogP contribution in [0.2, 0.25) is 10.0 Å². The lowest BCUT2D eigenvalue weighted by atomic mass is 10.2. The summed E-state index contributed by atoms with van der Waals surface area (Å²) < 4.78 is 32.3. The van der Waals surface area contributed by atoms with Crippen molar-refractivity contribution in [3.63, 3.8) is 0 Å². The van der Waals surface area contributed by atoms with E-state index < -0.39 is 17.4 Å². The van der Waals surface area contributed by atoms with E-state index in [1.165, 1.54) is 18.2 Å². The summed E-state index contributed by atoms with van der Waals surface area (Å²) >= 11 is 11.6. The van der Waals surface area contributed by atoms with Crippen LogP contribution in [0.15, 0.2) is 30.3 Å². The Bertz CT molecular complexity index is 660. The molecule has 2 rings (SSSR count). The second-order valence-corrected chi connectivity index (χ2v) is 4.40. The first kappa shape index (κ1) is 13.6. The van der Waals surface area contributed by atoms with E-state index >= 15 is 0 Å². The summed E-state index contributed by atoms with van der Waals surface area (Å²) in [6, 6.07) is 7.67. The van der Waals surface area contributed by atoms with Gasteiger partial charge in [0.25, 0.3) is 0 Å². The summed E-state index contributed by atoms with van der Waals surface area (Å²) in [5.74, 6) is -2.60. The Morgan fingerprint density at radius 3 is 2.26 bits per heavy atom. The predicted molar refractivity (Wildman–Crippen MR) is 67.6 cm³/mol. The van der Waals surface area contributed by atoms with Gasteiger partial charge in [-0.05, 0) is 24.3 Å². The number of nitriles is 1. The third kappa shape index (κ3) is 2.95. The lowest BCUT2D eigenvalue weighted by Gasteiger charge is -2.10. The zero-order valence-corrected chi connectivity index (χ0v) is 10.8. The van der Waals surface area contributed by atoms with Crippen LogP contribution in [0.1, 0.15) is 5.56 Å². The third-order valence-corrected chi connectivity index (χ3v) is 2.78. The highest BCUT2D eigenvalue weighted by Gasteiger charge is 2.15. The number of ether oxygens (including phenoxy) is 1. The van der Waals surface area contributed by atoms with E-state index in [4.69, 9.17) is 33.2 Å². The van der Waals surface area contributed by atoms with E-state index in [-0.39, 0.29) is 16.3 Å². The van der Waals surface area contributed by atoms with E-state index in [0.29, 0.717) is 5.02 Å². The minimum absolute atomic E-state index is 0.0247. The van der Waals surface area contributed by atoms with Gasteiger partial charge in [0.1, 0.15) is 5.75 Å². The van der Waals surface area contributed by atoms with Crippen LogP contribution in [0.3, 0.4) is 0 Å². The lowest BCUT2D eigenvalue weighted by Crippen LogP contribution is -1.94. The topological polar surface area (TPSA) is 33.0 Å². The van der Waals surface area contributed by atoms with Gasteiger partial charge in [-0.3, -0.25) is 0 Å². The SMILES string of the molecule is N#Cc1cc(F)c(Oc2cc(Cl)ccc2Cl)c(F)c1. The fourth-order valence-corrected chi connectivity index (χ4v) is 1.71. The lowest BCUT2D eigenvalue weighted by molar-refractivity contribution is 0.407. The van der Waals surface area contributed by atoms with Gasteiger partial charge < -0.3 is 4.74 Å². The summed E-state index contributed by atoms with van der Waals surface area (Å²) in [5, 5.41) is 9.06. The smallest absolute Gasteiger partial charge is 0.198 e. The highest BCUT2D eigenvalue weighted by Crippen LogP contribution is 2.34. The maximum Gasteiger partial charge on any atom is 0.198 e. The normalized spacial score (nSPS) is 10.1. The van der Waals surface area contributed by atoms with Gasteiger partial charge in [-0.25, -0.2) is 8.78 Å². The van der Waals surface area contributed by atoms with E-state index in [2.05, 4.69) is 0 Å². The van der Waals surface area contributed by atoms with Crippen LogP contribution in [0.5, 0.6) is 11.5 Å². The zero-order chi connectivity index (χ0) is 14.0. The Morgan fingerprint density at radius 2 is 1.68 bits per heavy atom. The Balaban J connectivity index is 2.44. The Kier molecular flexibility index (Phi) is 3.89. The average molecular weight is 300 g/mol. The third-order valence-electron chi connectivity index (χ3n) is 2.23. The summed E-state index contributed by atoms with van der Waals surface area (Å²) in [7, 11) is 0. The predicted octanol–water partition coefficient (Wildman–Crippen LogP) is 4.94. The second kappa shape index (κ2) is 5.43. The van der Waals surface area contributed by atoms with Crippen molar-refractivity contribution in [2.45, 2.75) is 0 Å². The van der Waals surface area contributed by atoms with Crippen molar-refractivity contribution in [1.29, 1.82) is 5.26 Å². The fourth-order valence-electron chi connectivity index (χ4n) is 1.39. The molecule has 0 saturated heterocycles. The minimum atomic E-state index is -0.993. The maximum absolute atomic E-state index is 13.6. The van der Waals surface area contributed by atoms with Gasteiger partial charge in [0.2, 0.25) is 0 Å². The van der Waals surface area contributed by atoms with Gasteiger partial charge in [-0.15, -0.1) is 0 Å². The minimum Gasteiger partial charge on any atom is -0.450 e. The summed E-state index contributed by atoms with van der Waals surface area (Å²) in [4.78, 5) is 0. The molecule has 0 atom stereocenters. The number of nitrogens with zero attached hydrogens (tertiary/aromatic N) is 1. The molecule has 0 radical (unpaired) electrons. The Morgan fingerprint density at radius 1 is 1.05 bits per heavy atom. The van der Waals surface area contributed by atoms with Gasteiger partial charge in [-0.2, -0.15) is 5.26 Å². The van der Waals surface area contributed by atoms with Crippen LogP contribution >= 0.6 is 23.2 Å². The van der Waals surface area contributed by atoms with Crippen molar-refractivity contribution in [1.82, 2.24) is 0 Å². The summed E-state index contributed by atoms with van der Waals surface area (Å²) in [6.07, 6.45) is 0. The molecule has 0 aliphatic carbocycles. The van der Waals surface area contributed by atoms with Crippen molar-refractivity contribution in [3.05, 3.63) is 57.6 Å². The highest BCUT2D eigenvalue weighted by molar-refractivity contribution is 6.34. The largest absolute Gasteiger partial charge is 0.450 e. The Labute approximate surface area is 117 Å². The van der Waals surface area contributed by atoms with Gasteiger partial charge in [0.15, 0.2) is 17.4 Å². The number of hydrogen-bond donors (Lipinski definition) is 0. The summed E-state index contributed by atoms with van der Waals surface area (Å²) in [6.45, 7) is 0. The number of hydrogen-bond acceptors (Lipinski definition) is 2. The second-order valence-electron chi connectivity index (χ2n) is 3.56. The number of benzene rings is 2. The maximum atomic E-state index is 13.6. The molecule has 0 amide bonds. The molecular weight excluding hydrogens is 295 g/mol. The van der Waals surface area contributed by atoms with Crippen LogP contribution in [0.25, 0.3) is 0 Å². The van der Waals surface area contributed by atoms with E-state index in [0.717, 1.165) is 12.1 Å². The molecule has 0 saturated carbocycles. The molecule has 19 heavy (non-hydrogen) atoms. The molecular formula is C13H5Cl2F2NO. The van der Waals surface area contributed by atoms with Crippen LogP contribution < -0.4 is 4.74 Å². The van der Waals surface area contributed by atoms with Crippen molar-refractivity contribution >= 4 is 23.2 Å². The molecule has 0 aliphatic rings. The monoisotopic (exact) mass is 299 g/mol. The first-order chi connectivity index (χ1) is 9.01. The number of rotatable bonds is 2. The van der Waals surface area contributed by atoms with Crippen LogP contribution in [0.4, 0.5) is 8.78 Å². The standard InChI is InChI=1S/C13H5Cl2F2NO/c14-8-1-2-9(15)12(5-8)19-13-10(16)3-7(6-18)4-11(13)17/h1-5H. The first-order valence-corrected chi connectivity index (χ1v) is 5.79. The quantitative estimate of drug-likeness (QED) is 0.787. The molecule has 0 N–H and O–H groups in total. The molecule has 96 valence electrons. The van der Waals surface area contributed by atoms with E-state index in [1.807, 2.05) is 0 Å².